The Hall–Kier alpha value is -2.82. The quantitative estimate of drug-likeness (QED) is 0.467. The summed E-state index contributed by atoms with van der Waals surface area (Å²) in [5, 5.41) is 0. The molecule has 2 aliphatic rings. The van der Waals surface area contributed by atoms with E-state index in [1.807, 2.05) is 18.2 Å². The lowest BCUT2D eigenvalue weighted by atomic mass is 9.94. The first-order valence-corrected chi connectivity index (χ1v) is 12.1. The lowest BCUT2D eigenvalue weighted by molar-refractivity contribution is -0.130. The highest BCUT2D eigenvalue weighted by atomic mass is 16.5. The zero-order valence-corrected chi connectivity index (χ0v) is 19.0. The van der Waals surface area contributed by atoms with Gasteiger partial charge in [-0.15, -0.1) is 0 Å². The van der Waals surface area contributed by atoms with Crippen LogP contribution < -0.4 is 4.74 Å². The molecule has 1 saturated carbocycles. The lowest BCUT2D eigenvalue weighted by Gasteiger charge is -2.31. The molecule has 0 N–H and O–H groups in total. The van der Waals surface area contributed by atoms with Gasteiger partial charge < -0.3 is 14.2 Å². The summed E-state index contributed by atoms with van der Waals surface area (Å²) in [5.74, 6) is 2.46. The van der Waals surface area contributed by atoms with Gasteiger partial charge in [0.1, 0.15) is 11.6 Å². The van der Waals surface area contributed by atoms with Gasteiger partial charge in [-0.05, 0) is 50.5 Å². The number of nitrogens with zero attached hydrogens (tertiary/aromatic N) is 3. The molecule has 0 radical (unpaired) electrons. The monoisotopic (exact) mass is 431 g/mol. The molecule has 1 amide bonds. The average Bonchev–Trinajstić information content (AvgIpc) is 3.39. The van der Waals surface area contributed by atoms with Crippen LogP contribution in [0, 0.1) is 6.92 Å². The number of amides is 1. The van der Waals surface area contributed by atoms with E-state index in [4.69, 9.17) is 9.72 Å². The van der Waals surface area contributed by atoms with E-state index >= 15 is 0 Å². The Balaban J connectivity index is 1.30. The zero-order chi connectivity index (χ0) is 21.9. The van der Waals surface area contributed by atoms with E-state index in [0.717, 1.165) is 55.0 Å². The van der Waals surface area contributed by atoms with Crippen LogP contribution in [0.5, 0.6) is 5.75 Å². The van der Waals surface area contributed by atoms with Gasteiger partial charge in [0.05, 0.1) is 17.6 Å². The minimum absolute atomic E-state index is 0.176. The number of ether oxygens (including phenoxy) is 1. The molecule has 1 unspecified atom stereocenters. The molecule has 2 aromatic carbocycles. The van der Waals surface area contributed by atoms with E-state index in [1.165, 1.54) is 24.8 Å². The highest BCUT2D eigenvalue weighted by Crippen LogP contribution is 2.34. The summed E-state index contributed by atoms with van der Waals surface area (Å²) >= 11 is 0. The number of fused-ring (bicyclic) bond motifs is 1. The zero-order valence-electron chi connectivity index (χ0n) is 19.0. The molecule has 2 fully saturated rings. The van der Waals surface area contributed by atoms with Gasteiger partial charge in [0.15, 0.2) is 0 Å². The maximum absolute atomic E-state index is 12.9. The molecule has 32 heavy (non-hydrogen) atoms. The number of imidazole rings is 1. The fraction of sp³-hybridized carbons (Fsp3) is 0.481. The van der Waals surface area contributed by atoms with Crippen LogP contribution in [-0.2, 0) is 11.3 Å². The van der Waals surface area contributed by atoms with Crippen molar-refractivity contribution < 1.29 is 9.53 Å². The van der Waals surface area contributed by atoms with Crippen molar-refractivity contribution >= 4 is 16.9 Å². The molecule has 168 valence electrons. The summed E-state index contributed by atoms with van der Waals surface area (Å²) in [5.41, 5.74) is 3.41. The Morgan fingerprint density at radius 2 is 1.81 bits per heavy atom. The third-order valence-electron chi connectivity index (χ3n) is 7.04. The maximum atomic E-state index is 12.9. The molecule has 3 aromatic rings. The molecular formula is C27H33N3O2. The number of likely N-dealkylation sites (tertiary alicyclic amines) is 1. The Kier molecular flexibility index (Phi) is 6.15. The standard InChI is InChI=1S/C27H33N3O2/c1-20-12-14-23(15-13-20)32-17-7-16-29-25-11-6-5-10-24(25)28-27(29)21-18-26(31)30(19-21)22-8-3-2-4-9-22/h5-6,10-15,21-22H,2-4,7-9,16-19H2,1H3. The van der Waals surface area contributed by atoms with Crippen LogP contribution in [0.3, 0.4) is 0 Å². The van der Waals surface area contributed by atoms with Crippen LogP contribution in [-0.4, -0.2) is 39.6 Å². The lowest BCUT2D eigenvalue weighted by Crippen LogP contribution is -2.37. The predicted molar refractivity (Wildman–Crippen MR) is 127 cm³/mol. The number of carbonyl (C=O) groups is 1. The fourth-order valence-electron chi connectivity index (χ4n) is 5.34. The van der Waals surface area contributed by atoms with Crippen LogP contribution in [0.2, 0.25) is 0 Å². The second-order valence-corrected chi connectivity index (χ2v) is 9.36. The first kappa shape index (κ1) is 21.0. The molecule has 1 atom stereocenters. The fourth-order valence-corrected chi connectivity index (χ4v) is 5.34. The molecule has 0 bridgehead atoms. The summed E-state index contributed by atoms with van der Waals surface area (Å²) < 4.78 is 8.28. The number of aromatic nitrogens is 2. The number of para-hydroxylation sites is 2. The second-order valence-electron chi connectivity index (χ2n) is 9.36. The molecule has 5 heteroatoms. The first-order chi connectivity index (χ1) is 15.7. The van der Waals surface area contributed by atoms with E-state index in [9.17, 15) is 4.79 Å². The first-order valence-electron chi connectivity index (χ1n) is 12.1. The van der Waals surface area contributed by atoms with E-state index < -0.39 is 0 Å². The molecule has 1 aromatic heterocycles. The maximum Gasteiger partial charge on any atom is 0.223 e. The van der Waals surface area contributed by atoms with Crippen molar-refractivity contribution in [2.24, 2.45) is 0 Å². The van der Waals surface area contributed by atoms with Crippen LogP contribution in [0.1, 0.15) is 62.3 Å². The van der Waals surface area contributed by atoms with Crippen molar-refractivity contribution in [3.8, 4) is 5.75 Å². The molecule has 1 saturated heterocycles. The van der Waals surface area contributed by atoms with Crippen molar-refractivity contribution in [2.45, 2.75) is 70.4 Å². The third-order valence-corrected chi connectivity index (χ3v) is 7.04. The van der Waals surface area contributed by atoms with Crippen LogP contribution in [0.25, 0.3) is 11.0 Å². The van der Waals surface area contributed by atoms with Crippen molar-refractivity contribution in [2.75, 3.05) is 13.2 Å². The predicted octanol–water partition coefficient (Wildman–Crippen LogP) is 5.46. The SMILES string of the molecule is Cc1ccc(OCCCn2c(C3CC(=O)N(C4CCCCC4)C3)nc3ccccc32)cc1. The van der Waals surface area contributed by atoms with Crippen molar-refractivity contribution in [1.29, 1.82) is 0 Å². The average molecular weight is 432 g/mol. The number of benzene rings is 2. The Morgan fingerprint density at radius 3 is 2.62 bits per heavy atom. The summed E-state index contributed by atoms with van der Waals surface area (Å²) in [6, 6.07) is 17.0. The highest BCUT2D eigenvalue weighted by Gasteiger charge is 2.37. The van der Waals surface area contributed by atoms with Gasteiger partial charge >= 0.3 is 0 Å². The van der Waals surface area contributed by atoms with E-state index in [1.54, 1.807) is 0 Å². The Labute approximate surface area is 190 Å². The number of aryl methyl sites for hydroxylation is 2. The van der Waals surface area contributed by atoms with E-state index in [2.05, 4.69) is 46.7 Å². The van der Waals surface area contributed by atoms with Crippen molar-refractivity contribution in [1.82, 2.24) is 14.5 Å². The van der Waals surface area contributed by atoms with Gasteiger partial charge in [-0.1, -0.05) is 49.1 Å². The Bertz CT molecular complexity index is 1070. The smallest absolute Gasteiger partial charge is 0.223 e. The number of rotatable bonds is 7. The van der Waals surface area contributed by atoms with E-state index in [-0.39, 0.29) is 5.92 Å². The van der Waals surface area contributed by atoms with Crippen molar-refractivity contribution in [3.63, 3.8) is 0 Å². The summed E-state index contributed by atoms with van der Waals surface area (Å²) in [6.45, 7) is 4.40. The van der Waals surface area contributed by atoms with Gasteiger partial charge in [-0.25, -0.2) is 4.98 Å². The van der Waals surface area contributed by atoms with E-state index in [0.29, 0.717) is 25.0 Å². The van der Waals surface area contributed by atoms with Crippen LogP contribution in [0.15, 0.2) is 48.5 Å². The molecule has 5 nitrogen and oxygen atoms in total. The summed E-state index contributed by atoms with van der Waals surface area (Å²) in [7, 11) is 0. The van der Waals surface area contributed by atoms with Gasteiger partial charge in [0.25, 0.3) is 0 Å². The number of carbonyl (C=O) groups excluding carboxylic acids is 1. The van der Waals surface area contributed by atoms with Crippen LogP contribution >= 0.6 is 0 Å². The summed E-state index contributed by atoms with van der Waals surface area (Å²) in [4.78, 5) is 20.1. The third kappa shape index (κ3) is 4.38. The molecule has 2 heterocycles. The normalized spacial score (nSPS) is 19.7. The molecule has 1 aliphatic heterocycles. The van der Waals surface area contributed by atoms with Crippen LogP contribution in [0.4, 0.5) is 0 Å². The van der Waals surface area contributed by atoms with Crippen molar-refractivity contribution in [3.05, 3.63) is 59.9 Å². The second kappa shape index (κ2) is 9.35. The molecule has 1 aliphatic carbocycles. The number of hydrogen-bond donors (Lipinski definition) is 0. The topological polar surface area (TPSA) is 47.4 Å². The highest BCUT2D eigenvalue weighted by molar-refractivity contribution is 5.81. The summed E-state index contributed by atoms with van der Waals surface area (Å²) in [6.07, 6.45) is 7.60. The largest absolute Gasteiger partial charge is 0.494 e. The van der Waals surface area contributed by atoms with Gasteiger partial charge in [0, 0.05) is 31.5 Å². The molecular weight excluding hydrogens is 398 g/mol. The minimum atomic E-state index is 0.176. The van der Waals surface area contributed by atoms with Gasteiger partial charge in [-0.2, -0.15) is 0 Å². The van der Waals surface area contributed by atoms with Gasteiger partial charge in [-0.3, -0.25) is 4.79 Å². The number of hydrogen-bond acceptors (Lipinski definition) is 3. The molecule has 0 spiro atoms. The molecule has 5 rings (SSSR count). The minimum Gasteiger partial charge on any atom is -0.494 e. The van der Waals surface area contributed by atoms with Gasteiger partial charge in [0.2, 0.25) is 5.91 Å². The Morgan fingerprint density at radius 1 is 1.03 bits per heavy atom.